The van der Waals surface area contributed by atoms with E-state index in [9.17, 15) is 14.4 Å². The van der Waals surface area contributed by atoms with Crippen LogP contribution in [0.1, 0.15) is 81.5 Å². The highest BCUT2D eigenvalue weighted by Crippen LogP contribution is 2.23. The molecule has 3 aromatic carbocycles. The van der Waals surface area contributed by atoms with Gasteiger partial charge in [0.05, 0.1) is 11.3 Å². The number of hydrogen-bond acceptors (Lipinski definition) is 5. The topological polar surface area (TPSA) is 93.7 Å². The van der Waals surface area contributed by atoms with Crippen LogP contribution in [0.5, 0.6) is 11.5 Å². The Morgan fingerprint density at radius 1 is 0.625 bits per heavy atom. The summed E-state index contributed by atoms with van der Waals surface area (Å²) >= 11 is 0. The maximum atomic E-state index is 12.7. The Bertz CT molecular complexity index is 1190. The summed E-state index contributed by atoms with van der Waals surface area (Å²) in [6.07, 6.45) is 11.0. The van der Waals surface area contributed by atoms with E-state index < -0.39 is 18.5 Å². The zero-order valence-corrected chi connectivity index (χ0v) is 23.3. The van der Waals surface area contributed by atoms with E-state index in [1.54, 1.807) is 48.5 Å². The molecule has 212 valence electrons. The number of unbranched alkanes of at least 4 members (excludes halogenated alkanes) is 8. The van der Waals surface area contributed by atoms with Gasteiger partial charge in [-0.1, -0.05) is 88.6 Å². The number of carbonyl (C=O) groups excluding carboxylic acids is 3. The standard InChI is InChI=1S/C33H40N2O5/c1-2-3-4-5-6-7-8-9-13-20-31(36)35-30-19-15-14-18-29(30)33(38)39-25-32(37)34-26-21-23-28(24-22-26)40-27-16-11-10-12-17-27/h10-12,14-19,21-24H,2-9,13,20,25H2,1H3,(H,34,37)(H,35,36). The molecular formula is C33H40N2O5. The number of anilines is 2. The zero-order chi connectivity index (χ0) is 28.4. The minimum atomic E-state index is -0.680. The summed E-state index contributed by atoms with van der Waals surface area (Å²) < 4.78 is 11.0. The fraction of sp³-hybridized carbons (Fsp3) is 0.364. The second kappa shape index (κ2) is 17.5. The van der Waals surface area contributed by atoms with Crippen molar-refractivity contribution in [1.82, 2.24) is 0 Å². The number of rotatable bonds is 17. The third-order valence-corrected chi connectivity index (χ3v) is 6.38. The average Bonchev–Trinajstić information content (AvgIpc) is 2.97. The Morgan fingerprint density at radius 3 is 1.93 bits per heavy atom. The van der Waals surface area contributed by atoms with E-state index in [0.29, 0.717) is 29.3 Å². The van der Waals surface area contributed by atoms with Gasteiger partial charge in [0.2, 0.25) is 5.91 Å². The largest absolute Gasteiger partial charge is 0.457 e. The maximum absolute atomic E-state index is 12.7. The van der Waals surface area contributed by atoms with Gasteiger partial charge in [0.25, 0.3) is 5.91 Å². The molecule has 2 N–H and O–H groups in total. The van der Waals surface area contributed by atoms with Crippen molar-refractivity contribution in [2.24, 2.45) is 0 Å². The van der Waals surface area contributed by atoms with Crippen LogP contribution < -0.4 is 15.4 Å². The van der Waals surface area contributed by atoms with Crippen molar-refractivity contribution in [3.63, 3.8) is 0 Å². The number of nitrogens with one attached hydrogen (secondary N) is 2. The molecular weight excluding hydrogens is 504 g/mol. The lowest BCUT2D eigenvalue weighted by Gasteiger charge is -2.11. The fourth-order valence-corrected chi connectivity index (χ4v) is 4.22. The van der Waals surface area contributed by atoms with Gasteiger partial charge >= 0.3 is 5.97 Å². The molecule has 0 atom stereocenters. The SMILES string of the molecule is CCCCCCCCCCCC(=O)Nc1ccccc1C(=O)OCC(=O)Nc1ccc(Oc2ccccc2)cc1. The lowest BCUT2D eigenvalue weighted by Crippen LogP contribution is -2.22. The van der Waals surface area contributed by atoms with Crippen molar-refractivity contribution in [2.45, 2.75) is 71.1 Å². The molecule has 0 spiro atoms. The van der Waals surface area contributed by atoms with Crippen molar-refractivity contribution in [2.75, 3.05) is 17.2 Å². The molecule has 7 heteroatoms. The predicted molar refractivity (Wildman–Crippen MR) is 159 cm³/mol. The minimum Gasteiger partial charge on any atom is -0.457 e. The van der Waals surface area contributed by atoms with Gasteiger partial charge in [0.15, 0.2) is 6.61 Å². The van der Waals surface area contributed by atoms with Crippen LogP contribution in [0.3, 0.4) is 0 Å². The first kappa shape index (κ1) is 30.4. The first-order chi connectivity index (χ1) is 19.5. The summed E-state index contributed by atoms with van der Waals surface area (Å²) in [5.74, 6) is 0.0524. The summed E-state index contributed by atoms with van der Waals surface area (Å²) in [5, 5.41) is 5.51. The van der Waals surface area contributed by atoms with Gasteiger partial charge < -0.3 is 20.1 Å². The summed E-state index contributed by atoms with van der Waals surface area (Å²) in [6.45, 7) is 1.76. The zero-order valence-electron chi connectivity index (χ0n) is 23.3. The Balaban J connectivity index is 1.38. The Morgan fingerprint density at radius 2 is 1.23 bits per heavy atom. The van der Waals surface area contributed by atoms with Crippen molar-refractivity contribution in [3.8, 4) is 11.5 Å². The molecule has 0 aliphatic rings. The van der Waals surface area contributed by atoms with E-state index in [-0.39, 0.29) is 11.5 Å². The van der Waals surface area contributed by atoms with Crippen LogP contribution in [-0.2, 0) is 14.3 Å². The molecule has 40 heavy (non-hydrogen) atoms. The number of benzene rings is 3. The van der Waals surface area contributed by atoms with Crippen molar-refractivity contribution < 1.29 is 23.9 Å². The van der Waals surface area contributed by atoms with E-state index in [1.165, 1.54) is 38.5 Å². The van der Waals surface area contributed by atoms with E-state index in [1.807, 2.05) is 30.3 Å². The fourth-order valence-electron chi connectivity index (χ4n) is 4.22. The quantitative estimate of drug-likeness (QED) is 0.132. The second-order valence-corrected chi connectivity index (χ2v) is 9.74. The number of para-hydroxylation sites is 2. The van der Waals surface area contributed by atoms with Crippen LogP contribution in [0.15, 0.2) is 78.9 Å². The second-order valence-electron chi connectivity index (χ2n) is 9.74. The monoisotopic (exact) mass is 544 g/mol. The highest BCUT2D eigenvalue weighted by Gasteiger charge is 2.16. The molecule has 0 radical (unpaired) electrons. The number of esters is 1. The highest BCUT2D eigenvalue weighted by molar-refractivity contribution is 6.02. The van der Waals surface area contributed by atoms with Crippen molar-refractivity contribution in [3.05, 3.63) is 84.4 Å². The Labute approximate surface area is 237 Å². The minimum absolute atomic E-state index is 0.138. The maximum Gasteiger partial charge on any atom is 0.340 e. The van der Waals surface area contributed by atoms with Gasteiger partial charge in [-0.05, 0) is 55.0 Å². The summed E-state index contributed by atoms with van der Waals surface area (Å²) in [5.41, 5.74) is 1.13. The third-order valence-electron chi connectivity index (χ3n) is 6.38. The van der Waals surface area contributed by atoms with Gasteiger partial charge in [-0.15, -0.1) is 0 Å². The van der Waals surface area contributed by atoms with Crippen LogP contribution in [0.25, 0.3) is 0 Å². The molecule has 0 fully saturated rings. The van der Waals surface area contributed by atoms with Crippen LogP contribution in [0.2, 0.25) is 0 Å². The van der Waals surface area contributed by atoms with E-state index in [4.69, 9.17) is 9.47 Å². The van der Waals surface area contributed by atoms with E-state index in [2.05, 4.69) is 17.6 Å². The Hall–Kier alpha value is -4.13. The number of amides is 2. The molecule has 0 bridgehead atoms. The first-order valence-corrected chi connectivity index (χ1v) is 14.2. The molecule has 0 saturated carbocycles. The third kappa shape index (κ3) is 11.3. The van der Waals surface area contributed by atoms with E-state index in [0.717, 1.165) is 19.3 Å². The summed E-state index contributed by atoms with van der Waals surface area (Å²) in [6, 6.07) is 22.9. The summed E-state index contributed by atoms with van der Waals surface area (Å²) in [4.78, 5) is 37.5. The molecule has 7 nitrogen and oxygen atoms in total. The molecule has 2 amide bonds. The molecule has 0 aliphatic heterocycles. The van der Waals surface area contributed by atoms with Crippen LogP contribution in [0.4, 0.5) is 11.4 Å². The van der Waals surface area contributed by atoms with Crippen molar-refractivity contribution in [1.29, 1.82) is 0 Å². The highest BCUT2D eigenvalue weighted by atomic mass is 16.5. The lowest BCUT2D eigenvalue weighted by atomic mass is 10.1. The summed E-state index contributed by atoms with van der Waals surface area (Å²) in [7, 11) is 0. The van der Waals surface area contributed by atoms with Gasteiger partial charge in [-0.3, -0.25) is 9.59 Å². The molecule has 0 aromatic heterocycles. The van der Waals surface area contributed by atoms with Crippen LogP contribution in [-0.4, -0.2) is 24.4 Å². The number of hydrogen-bond donors (Lipinski definition) is 2. The average molecular weight is 545 g/mol. The Kier molecular flexibility index (Phi) is 13.3. The van der Waals surface area contributed by atoms with Crippen LogP contribution in [0, 0.1) is 0 Å². The van der Waals surface area contributed by atoms with Crippen LogP contribution >= 0.6 is 0 Å². The molecule has 3 rings (SSSR count). The lowest BCUT2D eigenvalue weighted by molar-refractivity contribution is -0.119. The number of carbonyl (C=O) groups is 3. The van der Waals surface area contributed by atoms with E-state index >= 15 is 0 Å². The molecule has 0 saturated heterocycles. The van der Waals surface area contributed by atoms with Gasteiger partial charge in [-0.25, -0.2) is 4.79 Å². The molecule has 0 aliphatic carbocycles. The molecule has 0 heterocycles. The number of ether oxygens (including phenoxy) is 2. The normalized spacial score (nSPS) is 10.5. The molecule has 0 unspecified atom stereocenters. The first-order valence-electron chi connectivity index (χ1n) is 14.2. The van der Waals surface area contributed by atoms with Crippen molar-refractivity contribution >= 4 is 29.2 Å². The van der Waals surface area contributed by atoms with Gasteiger partial charge in [0, 0.05) is 12.1 Å². The predicted octanol–water partition coefficient (Wildman–Crippen LogP) is 8.13. The van der Waals surface area contributed by atoms with Gasteiger partial charge in [0.1, 0.15) is 11.5 Å². The van der Waals surface area contributed by atoms with Gasteiger partial charge in [-0.2, -0.15) is 0 Å². The molecule has 3 aromatic rings. The smallest absolute Gasteiger partial charge is 0.340 e.